The maximum atomic E-state index is 11.4. The van der Waals surface area contributed by atoms with Gasteiger partial charge in [-0.25, -0.2) is 0 Å². The summed E-state index contributed by atoms with van der Waals surface area (Å²) in [6.45, 7) is 3.30. The highest BCUT2D eigenvalue weighted by Gasteiger charge is 2.39. The number of hydrogen-bond donors (Lipinski definition) is 1. The van der Waals surface area contributed by atoms with Crippen LogP contribution < -0.4 is 0 Å². The molecule has 1 unspecified atom stereocenters. The molecule has 2 fully saturated rings. The van der Waals surface area contributed by atoms with E-state index in [1.54, 1.807) is 0 Å². The van der Waals surface area contributed by atoms with E-state index in [-0.39, 0.29) is 5.92 Å². The molecule has 23 heavy (non-hydrogen) atoms. The van der Waals surface area contributed by atoms with Gasteiger partial charge in [-0.15, -0.1) is 6.42 Å². The average molecular weight is 311 g/mol. The van der Waals surface area contributed by atoms with Crippen LogP contribution in [0.25, 0.3) is 0 Å². The van der Waals surface area contributed by atoms with Crippen molar-refractivity contribution in [2.45, 2.75) is 62.9 Å². The minimum absolute atomic E-state index is 0.175. The lowest BCUT2D eigenvalue weighted by Crippen LogP contribution is -2.45. The molecule has 1 aliphatic heterocycles. The van der Waals surface area contributed by atoms with E-state index in [9.17, 15) is 5.11 Å². The van der Waals surface area contributed by atoms with Gasteiger partial charge in [0.2, 0.25) is 0 Å². The Bertz CT molecular complexity index is 547. The minimum atomic E-state index is -0.567. The number of aliphatic hydroxyl groups is 1. The normalized spacial score (nSPS) is 23.1. The number of nitrogens with zero attached hydrogens (tertiary/aromatic N) is 1. The highest BCUT2D eigenvalue weighted by molar-refractivity contribution is 5.38. The smallest absolute Gasteiger partial charge is 0.0728 e. The summed E-state index contributed by atoms with van der Waals surface area (Å²) in [6, 6.07) is 8.29. The summed E-state index contributed by atoms with van der Waals surface area (Å²) in [5, 5.41) is 11.4. The van der Waals surface area contributed by atoms with Gasteiger partial charge in [-0.05, 0) is 56.5 Å². The molecule has 1 aromatic carbocycles. The molecule has 1 N–H and O–H groups in total. The van der Waals surface area contributed by atoms with Crippen molar-refractivity contribution in [3.8, 4) is 12.3 Å². The molecule has 0 amide bonds. The Balaban J connectivity index is 1.86. The fraction of sp³-hybridized carbons (Fsp3) is 0.619. The molecule has 124 valence electrons. The second-order valence-electron chi connectivity index (χ2n) is 7.35. The third-order valence-corrected chi connectivity index (χ3v) is 5.71. The summed E-state index contributed by atoms with van der Waals surface area (Å²) in [5.74, 6) is 2.92. The van der Waals surface area contributed by atoms with Crippen molar-refractivity contribution >= 4 is 0 Å². The van der Waals surface area contributed by atoms with Gasteiger partial charge in [-0.2, -0.15) is 0 Å². The van der Waals surface area contributed by atoms with Crippen LogP contribution in [-0.2, 0) is 0 Å². The van der Waals surface area contributed by atoms with Crippen molar-refractivity contribution in [2.24, 2.45) is 0 Å². The van der Waals surface area contributed by atoms with E-state index in [1.807, 2.05) is 12.1 Å². The van der Waals surface area contributed by atoms with Crippen LogP contribution in [0.4, 0.5) is 0 Å². The lowest BCUT2D eigenvalue weighted by molar-refractivity contribution is -0.0321. The number of hydrogen-bond acceptors (Lipinski definition) is 2. The molecule has 1 saturated carbocycles. The first-order valence-corrected chi connectivity index (χ1v) is 9.23. The van der Waals surface area contributed by atoms with Gasteiger partial charge in [-0.1, -0.05) is 43.7 Å². The first kappa shape index (κ1) is 16.6. The number of rotatable bonds is 4. The van der Waals surface area contributed by atoms with E-state index < -0.39 is 5.60 Å². The lowest BCUT2D eigenvalue weighted by atomic mass is 9.72. The second kappa shape index (κ2) is 7.51. The van der Waals surface area contributed by atoms with Gasteiger partial charge in [0.15, 0.2) is 0 Å². The Labute approximate surface area is 140 Å². The Hall–Kier alpha value is -1.30. The average Bonchev–Trinajstić information content (AvgIpc) is 2.61. The molecule has 0 bridgehead atoms. The molecule has 1 aromatic rings. The number of terminal acetylenes is 1. The van der Waals surface area contributed by atoms with Crippen molar-refractivity contribution in [1.82, 2.24) is 4.90 Å². The van der Waals surface area contributed by atoms with Crippen molar-refractivity contribution in [1.29, 1.82) is 0 Å². The molecule has 1 heterocycles. The molecule has 2 heteroatoms. The number of benzene rings is 1. The summed E-state index contributed by atoms with van der Waals surface area (Å²) in [7, 11) is 0. The minimum Gasteiger partial charge on any atom is -0.389 e. The van der Waals surface area contributed by atoms with Crippen molar-refractivity contribution in [3.05, 3.63) is 35.4 Å². The second-order valence-corrected chi connectivity index (χ2v) is 7.35. The molecular weight excluding hydrogens is 282 g/mol. The van der Waals surface area contributed by atoms with E-state index in [2.05, 4.69) is 23.0 Å². The highest BCUT2D eigenvalue weighted by atomic mass is 16.3. The van der Waals surface area contributed by atoms with Crippen LogP contribution in [-0.4, -0.2) is 35.2 Å². The van der Waals surface area contributed by atoms with Crippen LogP contribution >= 0.6 is 0 Å². The molecule has 1 atom stereocenters. The zero-order valence-electron chi connectivity index (χ0n) is 14.1. The summed E-state index contributed by atoms with van der Waals surface area (Å²) in [6.07, 6.45) is 14.9. The van der Waals surface area contributed by atoms with Gasteiger partial charge in [0.05, 0.1) is 5.60 Å². The molecular formula is C21H29NO. The standard InChI is InChI=1S/C21H29NO/c1-2-18-10-9-11-19(16-18)20(17-22-14-7-4-8-15-22)21(23)12-5-3-6-13-21/h1,9-11,16,20,23H,3-8,12-15,17H2. The summed E-state index contributed by atoms with van der Waals surface area (Å²) in [4.78, 5) is 2.54. The molecule has 3 rings (SSSR count). The van der Waals surface area contributed by atoms with Crippen LogP contribution in [0.1, 0.15) is 68.4 Å². The van der Waals surface area contributed by atoms with Crippen LogP contribution in [0.3, 0.4) is 0 Å². The van der Waals surface area contributed by atoms with E-state index >= 15 is 0 Å². The third kappa shape index (κ3) is 3.97. The van der Waals surface area contributed by atoms with Crippen molar-refractivity contribution in [3.63, 3.8) is 0 Å². The Morgan fingerprint density at radius 2 is 1.78 bits per heavy atom. The quantitative estimate of drug-likeness (QED) is 0.852. The van der Waals surface area contributed by atoms with Gasteiger partial charge in [0, 0.05) is 18.0 Å². The predicted molar refractivity (Wildman–Crippen MR) is 95.4 cm³/mol. The molecule has 2 nitrogen and oxygen atoms in total. The van der Waals surface area contributed by atoms with Crippen molar-refractivity contribution < 1.29 is 5.11 Å². The Morgan fingerprint density at radius 3 is 2.48 bits per heavy atom. The molecule has 1 aliphatic carbocycles. The molecule has 0 radical (unpaired) electrons. The van der Waals surface area contributed by atoms with E-state index in [1.165, 1.54) is 44.3 Å². The van der Waals surface area contributed by atoms with Crippen LogP contribution in [0.15, 0.2) is 24.3 Å². The summed E-state index contributed by atoms with van der Waals surface area (Å²) in [5.41, 5.74) is 1.57. The van der Waals surface area contributed by atoms with E-state index in [0.717, 1.165) is 37.8 Å². The van der Waals surface area contributed by atoms with Gasteiger partial charge in [-0.3, -0.25) is 0 Å². The van der Waals surface area contributed by atoms with Gasteiger partial charge < -0.3 is 10.0 Å². The first-order valence-electron chi connectivity index (χ1n) is 9.23. The van der Waals surface area contributed by atoms with Gasteiger partial charge in [0.25, 0.3) is 0 Å². The maximum Gasteiger partial charge on any atom is 0.0728 e. The van der Waals surface area contributed by atoms with Crippen molar-refractivity contribution in [2.75, 3.05) is 19.6 Å². The molecule has 1 saturated heterocycles. The lowest BCUT2D eigenvalue weighted by Gasteiger charge is -2.42. The number of likely N-dealkylation sites (tertiary alicyclic amines) is 1. The van der Waals surface area contributed by atoms with E-state index in [0.29, 0.717) is 0 Å². The van der Waals surface area contributed by atoms with Gasteiger partial charge in [0.1, 0.15) is 0 Å². The van der Waals surface area contributed by atoms with E-state index in [4.69, 9.17) is 6.42 Å². The molecule has 0 aromatic heterocycles. The fourth-order valence-electron chi connectivity index (χ4n) is 4.34. The number of piperidine rings is 1. The Morgan fingerprint density at radius 1 is 1.09 bits per heavy atom. The third-order valence-electron chi connectivity index (χ3n) is 5.71. The van der Waals surface area contributed by atoms with Crippen LogP contribution in [0.5, 0.6) is 0 Å². The SMILES string of the molecule is C#Cc1cccc(C(CN2CCCCC2)C2(O)CCCCC2)c1. The van der Waals surface area contributed by atoms with Crippen LogP contribution in [0, 0.1) is 12.3 Å². The first-order chi connectivity index (χ1) is 11.2. The zero-order chi connectivity index (χ0) is 16.1. The summed E-state index contributed by atoms with van der Waals surface area (Å²) >= 11 is 0. The largest absolute Gasteiger partial charge is 0.389 e. The Kier molecular flexibility index (Phi) is 5.41. The fourth-order valence-corrected chi connectivity index (χ4v) is 4.34. The summed E-state index contributed by atoms with van der Waals surface area (Å²) < 4.78 is 0. The predicted octanol–water partition coefficient (Wildman–Crippen LogP) is 3.93. The zero-order valence-corrected chi connectivity index (χ0v) is 14.1. The highest BCUT2D eigenvalue weighted by Crippen LogP contribution is 2.41. The van der Waals surface area contributed by atoms with Gasteiger partial charge >= 0.3 is 0 Å². The topological polar surface area (TPSA) is 23.5 Å². The monoisotopic (exact) mass is 311 g/mol. The molecule has 0 spiro atoms. The molecule has 2 aliphatic rings. The maximum absolute atomic E-state index is 11.4. The van der Waals surface area contributed by atoms with Crippen LogP contribution in [0.2, 0.25) is 0 Å².